The van der Waals surface area contributed by atoms with Gasteiger partial charge in [-0.05, 0) is 27.4 Å². The number of nitrogens with zero attached hydrogens (tertiary/aromatic N) is 3. The minimum absolute atomic E-state index is 0.661. The summed E-state index contributed by atoms with van der Waals surface area (Å²) < 4.78 is 8.07. The van der Waals surface area contributed by atoms with Crippen LogP contribution in [0.2, 0.25) is 0 Å². The third-order valence-corrected chi connectivity index (χ3v) is 3.81. The SMILES string of the molecule is COCCn1cnnc1-c1sccc1Br. The van der Waals surface area contributed by atoms with Crippen LogP contribution in [0.4, 0.5) is 0 Å². The first kappa shape index (κ1) is 10.8. The molecule has 0 aliphatic rings. The van der Waals surface area contributed by atoms with Gasteiger partial charge in [-0.1, -0.05) is 0 Å². The Morgan fingerprint density at radius 1 is 1.60 bits per heavy atom. The fraction of sp³-hybridized carbons (Fsp3) is 0.333. The van der Waals surface area contributed by atoms with E-state index in [1.807, 2.05) is 16.0 Å². The molecule has 0 spiro atoms. The number of thiophene rings is 1. The molecule has 15 heavy (non-hydrogen) atoms. The second-order valence-electron chi connectivity index (χ2n) is 2.94. The van der Waals surface area contributed by atoms with Crippen LogP contribution >= 0.6 is 27.3 Å². The molecule has 0 N–H and O–H groups in total. The van der Waals surface area contributed by atoms with E-state index < -0.39 is 0 Å². The first-order chi connectivity index (χ1) is 7.33. The van der Waals surface area contributed by atoms with Gasteiger partial charge in [0, 0.05) is 18.1 Å². The predicted octanol–water partition coefficient (Wildman–Crippen LogP) is 2.42. The lowest BCUT2D eigenvalue weighted by molar-refractivity contribution is 0.187. The highest BCUT2D eigenvalue weighted by Crippen LogP contribution is 2.31. The van der Waals surface area contributed by atoms with Crippen molar-refractivity contribution in [3.63, 3.8) is 0 Å². The van der Waals surface area contributed by atoms with Crippen LogP contribution in [0.25, 0.3) is 10.7 Å². The summed E-state index contributed by atoms with van der Waals surface area (Å²) in [5.74, 6) is 0.883. The van der Waals surface area contributed by atoms with Gasteiger partial charge in [0.15, 0.2) is 5.82 Å². The molecule has 6 heteroatoms. The predicted molar refractivity (Wildman–Crippen MR) is 62.9 cm³/mol. The summed E-state index contributed by atoms with van der Waals surface area (Å²) >= 11 is 5.13. The van der Waals surface area contributed by atoms with Gasteiger partial charge < -0.3 is 9.30 Å². The summed E-state index contributed by atoms with van der Waals surface area (Å²) in [7, 11) is 1.69. The van der Waals surface area contributed by atoms with Crippen LogP contribution in [0.1, 0.15) is 0 Å². The number of hydrogen-bond donors (Lipinski definition) is 0. The Balaban J connectivity index is 2.29. The van der Waals surface area contributed by atoms with Crippen molar-refractivity contribution < 1.29 is 4.74 Å². The van der Waals surface area contributed by atoms with E-state index >= 15 is 0 Å². The first-order valence-corrected chi connectivity index (χ1v) is 6.10. The van der Waals surface area contributed by atoms with Crippen LogP contribution in [0.3, 0.4) is 0 Å². The molecular formula is C9H10BrN3OS. The Hall–Kier alpha value is -0.720. The quantitative estimate of drug-likeness (QED) is 0.867. The summed E-state index contributed by atoms with van der Waals surface area (Å²) in [6, 6.07) is 2.01. The van der Waals surface area contributed by atoms with Gasteiger partial charge in [0.25, 0.3) is 0 Å². The lowest BCUT2D eigenvalue weighted by atomic mass is 10.4. The second kappa shape index (κ2) is 4.87. The summed E-state index contributed by atoms with van der Waals surface area (Å²) in [5, 5.41) is 10.0. The number of rotatable bonds is 4. The van der Waals surface area contributed by atoms with Crippen molar-refractivity contribution in [3.05, 3.63) is 22.2 Å². The lowest BCUT2D eigenvalue weighted by Gasteiger charge is -2.04. The zero-order valence-corrected chi connectivity index (χ0v) is 10.6. The van der Waals surface area contributed by atoms with E-state index in [1.54, 1.807) is 24.8 Å². The van der Waals surface area contributed by atoms with Crippen molar-refractivity contribution in [1.82, 2.24) is 14.8 Å². The van der Waals surface area contributed by atoms with Crippen LogP contribution in [0, 0.1) is 0 Å². The molecule has 80 valence electrons. The summed E-state index contributed by atoms with van der Waals surface area (Å²) in [6.07, 6.45) is 1.72. The smallest absolute Gasteiger partial charge is 0.175 e. The molecule has 2 heterocycles. The maximum atomic E-state index is 5.03. The molecule has 4 nitrogen and oxygen atoms in total. The van der Waals surface area contributed by atoms with Crippen molar-refractivity contribution in [2.75, 3.05) is 13.7 Å². The third kappa shape index (κ3) is 2.27. The van der Waals surface area contributed by atoms with Crippen molar-refractivity contribution in [1.29, 1.82) is 0 Å². The molecule has 0 saturated heterocycles. The molecular weight excluding hydrogens is 278 g/mol. The van der Waals surface area contributed by atoms with Gasteiger partial charge >= 0.3 is 0 Å². The Morgan fingerprint density at radius 2 is 2.47 bits per heavy atom. The Kier molecular flexibility index (Phi) is 3.50. The van der Waals surface area contributed by atoms with E-state index in [1.165, 1.54) is 0 Å². The molecule has 0 atom stereocenters. The number of methoxy groups -OCH3 is 1. The van der Waals surface area contributed by atoms with Gasteiger partial charge in [-0.3, -0.25) is 0 Å². The molecule has 0 aromatic carbocycles. The van der Waals surface area contributed by atoms with Crippen molar-refractivity contribution in [2.24, 2.45) is 0 Å². The zero-order chi connectivity index (χ0) is 10.7. The minimum atomic E-state index is 0.661. The molecule has 0 amide bonds. The summed E-state index contributed by atoms with van der Waals surface area (Å²) in [6.45, 7) is 1.43. The van der Waals surface area contributed by atoms with Crippen molar-refractivity contribution in [3.8, 4) is 10.7 Å². The number of aromatic nitrogens is 3. The van der Waals surface area contributed by atoms with E-state index in [-0.39, 0.29) is 0 Å². The monoisotopic (exact) mass is 287 g/mol. The van der Waals surface area contributed by atoms with Crippen LogP contribution in [0.5, 0.6) is 0 Å². The van der Waals surface area contributed by atoms with Gasteiger partial charge in [-0.15, -0.1) is 21.5 Å². The minimum Gasteiger partial charge on any atom is -0.383 e. The molecule has 2 aromatic heterocycles. The zero-order valence-electron chi connectivity index (χ0n) is 8.18. The average Bonchev–Trinajstić information content (AvgIpc) is 2.82. The highest BCUT2D eigenvalue weighted by molar-refractivity contribution is 9.10. The first-order valence-electron chi connectivity index (χ1n) is 4.43. The molecule has 0 radical (unpaired) electrons. The van der Waals surface area contributed by atoms with E-state index in [0.717, 1.165) is 21.7 Å². The Bertz CT molecular complexity index is 440. The fourth-order valence-electron chi connectivity index (χ4n) is 1.24. The molecule has 0 fully saturated rings. The Labute approximate surface area is 100 Å². The van der Waals surface area contributed by atoms with Gasteiger partial charge in [-0.2, -0.15) is 0 Å². The fourth-order valence-corrected chi connectivity index (χ4v) is 2.79. The van der Waals surface area contributed by atoms with Gasteiger partial charge in [0.1, 0.15) is 6.33 Å². The van der Waals surface area contributed by atoms with E-state index in [9.17, 15) is 0 Å². The maximum absolute atomic E-state index is 5.03. The second-order valence-corrected chi connectivity index (χ2v) is 4.71. The van der Waals surface area contributed by atoms with Crippen molar-refractivity contribution >= 4 is 27.3 Å². The molecule has 0 unspecified atom stereocenters. The van der Waals surface area contributed by atoms with Crippen molar-refractivity contribution in [2.45, 2.75) is 6.54 Å². The molecule has 0 aliphatic carbocycles. The maximum Gasteiger partial charge on any atom is 0.175 e. The molecule has 0 saturated carbocycles. The molecule has 0 bridgehead atoms. The highest BCUT2D eigenvalue weighted by atomic mass is 79.9. The van der Waals surface area contributed by atoms with Gasteiger partial charge in [0.2, 0.25) is 0 Å². The van der Waals surface area contributed by atoms with Crippen LogP contribution in [0.15, 0.2) is 22.2 Å². The van der Waals surface area contributed by atoms with E-state index in [4.69, 9.17) is 4.74 Å². The molecule has 2 aromatic rings. The average molecular weight is 288 g/mol. The number of ether oxygens (including phenoxy) is 1. The van der Waals surface area contributed by atoms with Crippen LogP contribution in [-0.4, -0.2) is 28.5 Å². The normalized spacial score (nSPS) is 10.8. The van der Waals surface area contributed by atoms with Crippen LogP contribution < -0.4 is 0 Å². The largest absolute Gasteiger partial charge is 0.383 e. The highest BCUT2D eigenvalue weighted by Gasteiger charge is 2.11. The standard InChI is InChI=1S/C9H10BrN3OS/c1-14-4-3-13-6-11-12-9(13)8-7(10)2-5-15-8/h2,5-6H,3-4H2,1H3. The van der Waals surface area contributed by atoms with Crippen LogP contribution in [-0.2, 0) is 11.3 Å². The topological polar surface area (TPSA) is 39.9 Å². The lowest BCUT2D eigenvalue weighted by Crippen LogP contribution is -2.04. The van der Waals surface area contributed by atoms with E-state index in [2.05, 4.69) is 26.1 Å². The Morgan fingerprint density at radius 3 is 3.13 bits per heavy atom. The summed E-state index contributed by atoms with van der Waals surface area (Å²) in [5.41, 5.74) is 0. The van der Waals surface area contributed by atoms with E-state index in [0.29, 0.717) is 6.61 Å². The number of halogens is 1. The summed E-state index contributed by atoms with van der Waals surface area (Å²) in [4.78, 5) is 1.10. The van der Waals surface area contributed by atoms with Gasteiger partial charge in [-0.25, -0.2) is 0 Å². The number of hydrogen-bond acceptors (Lipinski definition) is 4. The molecule has 2 rings (SSSR count). The third-order valence-electron chi connectivity index (χ3n) is 1.97. The molecule has 0 aliphatic heterocycles. The van der Waals surface area contributed by atoms with Gasteiger partial charge in [0.05, 0.1) is 11.5 Å².